The van der Waals surface area contributed by atoms with Crippen LogP contribution in [0.5, 0.6) is 0 Å². The molecule has 9 nitrogen and oxygen atoms in total. The monoisotopic (exact) mass is 462 g/mol. The number of carbonyl (C=O) groups is 2. The summed E-state index contributed by atoms with van der Waals surface area (Å²) in [6, 6.07) is 3.78. The minimum absolute atomic E-state index is 0.0276. The fraction of sp³-hybridized carbons (Fsp3) is 0.682. The molecule has 0 aliphatic carbocycles. The van der Waals surface area contributed by atoms with Crippen molar-refractivity contribution in [2.75, 3.05) is 31.6 Å². The quantitative estimate of drug-likeness (QED) is 0.519. The summed E-state index contributed by atoms with van der Waals surface area (Å²) >= 11 is 0. The summed E-state index contributed by atoms with van der Waals surface area (Å²) in [5.41, 5.74) is 1.31. The predicted molar refractivity (Wildman–Crippen MR) is 124 cm³/mol. The normalized spacial score (nSPS) is 30.7. The Balaban J connectivity index is 1.35. The van der Waals surface area contributed by atoms with E-state index in [-0.39, 0.29) is 40.3 Å². The third kappa shape index (κ3) is 4.47. The van der Waals surface area contributed by atoms with Gasteiger partial charge in [-0.05, 0) is 44.2 Å². The molecule has 3 aliphatic rings. The maximum atomic E-state index is 13.6. The predicted octanol–water partition coefficient (Wildman–Crippen LogP) is 1.10. The first-order valence-corrected chi connectivity index (χ1v) is 13.2. The van der Waals surface area contributed by atoms with Gasteiger partial charge in [0.2, 0.25) is 5.91 Å². The molecule has 176 valence electrons. The van der Waals surface area contributed by atoms with Crippen LogP contribution in [0.1, 0.15) is 49.5 Å². The molecule has 0 aromatic carbocycles. The fourth-order valence-electron chi connectivity index (χ4n) is 5.27. The molecule has 4 unspecified atom stereocenters. The molecule has 32 heavy (non-hydrogen) atoms. The van der Waals surface area contributed by atoms with E-state index in [1.165, 1.54) is 0 Å². The zero-order valence-electron chi connectivity index (χ0n) is 18.8. The molecule has 1 aromatic rings. The summed E-state index contributed by atoms with van der Waals surface area (Å²) in [6.45, 7) is 4.04. The number of nitrogens with zero attached hydrogens (tertiary/aromatic N) is 2. The van der Waals surface area contributed by atoms with Gasteiger partial charge in [-0.2, -0.15) is 0 Å². The SMILES string of the molecule is CCC1CC2NCC([S@](=N)(=O)C3CCN(c4ccc(C(=O)NC)nc4)CC3)CC2NC1=O. The van der Waals surface area contributed by atoms with Crippen molar-refractivity contribution in [3.8, 4) is 0 Å². The van der Waals surface area contributed by atoms with Gasteiger partial charge in [0.15, 0.2) is 0 Å². The molecule has 4 heterocycles. The number of aromatic nitrogens is 1. The number of hydrogen-bond donors (Lipinski definition) is 4. The lowest BCUT2D eigenvalue weighted by Crippen LogP contribution is -2.64. The number of pyridine rings is 1. The smallest absolute Gasteiger partial charge is 0.269 e. The molecule has 5 atom stereocenters. The Morgan fingerprint density at radius 3 is 2.62 bits per heavy atom. The third-order valence-corrected chi connectivity index (χ3v) is 10.2. The Morgan fingerprint density at radius 2 is 2.00 bits per heavy atom. The Kier molecular flexibility index (Phi) is 6.71. The highest BCUT2D eigenvalue weighted by atomic mass is 32.2. The highest BCUT2D eigenvalue weighted by Crippen LogP contribution is 2.31. The molecule has 3 saturated heterocycles. The van der Waals surface area contributed by atoms with E-state index in [4.69, 9.17) is 4.78 Å². The van der Waals surface area contributed by atoms with Crippen LogP contribution in [0.3, 0.4) is 0 Å². The van der Waals surface area contributed by atoms with E-state index in [9.17, 15) is 13.8 Å². The van der Waals surface area contributed by atoms with Crippen molar-refractivity contribution in [1.29, 1.82) is 4.78 Å². The van der Waals surface area contributed by atoms with E-state index < -0.39 is 9.73 Å². The zero-order chi connectivity index (χ0) is 22.9. The van der Waals surface area contributed by atoms with Crippen LogP contribution in [-0.4, -0.2) is 70.3 Å². The number of hydrogen-bond acceptors (Lipinski definition) is 7. The van der Waals surface area contributed by atoms with Gasteiger partial charge in [0, 0.05) is 49.9 Å². The maximum Gasteiger partial charge on any atom is 0.269 e. The molecule has 0 spiro atoms. The second kappa shape index (κ2) is 9.35. The molecule has 10 heteroatoms. The number of carbonyl (C=O) groups excluding carboxylic acids is 2. The topological polar surface area (TPSA) is 127 Å². The van der Waals surface area contributed by atoms with Gasteiger partial charge >= 0.3 is 0 Å². The summed E-state index contributed by atoms with van der Waals surface area (Å²) in [4.78, 5) is 30.4. The maximum absolute atomic E-state index is 13.6. The Hall–Kier alpha value is -2.20. The molecular formula is C22H34N6O3S. The van der Waals surface area contributed by atoms with Gasteiger partial charge in [-0.25, -0.2) is 9.19 Å². The molecule has 3 aliphatic heterocycles. The molecular weight excluding hydrogens is 428 g/mol. The fourth-order valence-corrected chi connectivity index (χ4v) is 7.56. The molecule has 0 radical (unpaired) electrons. The number of anilines is 1. The average molecular weight is 463 g/mol. The van der Waals surface area contributed by atoms with E-state index in [0.29, 0.717) is 44.6 Å². The molecule has 0 saturated carbocycles. The first-order chi connectivity index (χ1) is 15.3. The van der Waals surface area contributed by atoms with Crippen molar-refractivity contribution in [3.05, 3.63) is 24.0 Å². The summed E-state index contributed by atoms with van der Waals surface area (Å²) in [7, 11) is -1.23. The largest absolute Gasteiger partial charge is 0.370 e. The van der Waals surface area contributed by atoms with E-state index in [0.717, 1.165) is 18.5 Å². The van der Waals surface area contributed by atoms with Gasteiger partial charge in [0.25, 0.3) is 5.91 Å². The van der Waals surface area contributed by atoms with Crippen LogP contribution in [0.2, 0.25) is 0 Å². The lowest BCUT2D eigenvalue weighted by Gasteiger charge is -2.44. The van der Waals surface area contributed by atoms with Crippen LogP contribution in [-0.2, 0) is 14.5 Å². The highest BCUT2D eigenvalue weighted by Gasteiger charge is 2.43. The standard InChI is InChI=1S/C22H34N6O3S/c1-3-14-10-19-20(27-21(14)29)11-17(13-26-19)32(23,31)16-6-8-28(9-7-16)15-4-5-18(25-12-15)22(30)24-2/h4-5,12,14,16-17,19-20,23,26H,3,6-11,13H2,1-2H3,(H,24,30)(H,27,29)/t14?,17?,19?,20?,32-/m1/s1. The first-order valence-electron chi connectivity index (χ1n) is 11.6. The number of nitrogens with one attached hydrogen (secondary N) is 4. The van der Waals surface area contributed by atoms with Gasteiger partial charge in [-0.1, -0.05) is 6.92 Å². The second-order valence-corrected chi connectivity index (χ2v) is 11.8. The van der Waals surface area contributed by atoms with Crippen molar-refractivity contribution >= 4 is 27.2 Å². The van der Waals surface area contributed by atoms with Crippen LogP contribution in [0.15, 0.2) is 18.3 Å². The molecule has 0 bridgehead atoms. The van der Waals surface area contributed by atoms with E-state index in [1.807, 2.05) is 13.0 Å². The van der Waals surface area contributed by atoms with Crippen molar-refractivity contribution < 1.29 is 13.8 Å². The highest BCUT2D eigenvalue weighted by molar-refractivity contribution is 7.93. The summed E-state index contributed by atoms with van der Waals surface area (Å²) in [5.74, 6) is -0.0752. The molecule has 4 rings (SSSR count). The third-order valence-electron chi connectivity index (χ3n) is 7.35. The number of fused-ring (bicyclic) bond motifs is 1. The van der Waals surface area contributed by atoms with Crippen molar-refractivity contribution in [1.82, 2.24) is 20.9 Å². The van der Waals surface area contributed by atoms with Crippen molar-refractivity contribution in [3.63, 3.8) is 0 Å². The summed E-state index contributed by atoms with van der Waals surface area (Å²) in [5, 5.41) is 8.77. The Bertz CT molecular complexity index is 943. The van der Waals surface area contributed by atoms with E-state index in [2.05, 4.69) is 25.8 Å². The van der Waals surface area contributed by atoms with E-state index in [1.54, 1.807) is 19.3 Å². The lowest BCUT2D eigenvalue weighted by molar-refractivity contribution is -0.129. The number of rotatable bonds is 5. The van der Waals surface area contributed by atoms with Gasteiger partial charge in [0.05, 0.1) is 26.9 Å². The minimum atomic E-state index is -2.81. The second-order valence-electron chi connectivity index (χ2n) is 9.14. The Labute approximate surface area is 190 Å². The average Bonchev–Trinajstić information content (AvgIpc) is 2.82. The minimum Gasteiger partial charge on any atom is -0.370 e. The zero-order valence-corrected chi connectivity index (χ0v) is 19.6. The van der Waals surface area contributed by atoms with Gasteiger partial charge in [-0.3, -0.25) is 14.4 Å². The van der Waals surface area contributed by atoms with Gasteiger partial charge < -0.3 is 20.9 Å². The van der Waals surface area contributed by atoms with Crippen molar-refractivity contribution in [2.24, 2.45) is 5.92 Å². The molecule has 2 amide bonds. The van der Waals surface area contributed by atoms with Gasteiger partial charge in [-0.15, -0.1) is 0 Å². The number of amides is 2. The van der Waals surface area contributed by atoms with Crippen molar-refractivity contribution in [2.45, 2.75) is 61.6 Å². The van der Waals surface area contributed by atoms with Crippen LogP contribution < -0.4 is 20.9 Å². The van der Waals surface area contributed by atoms with Gasteiger partial charge in [0.1, 0.15) is 5.69 Å². The number of piperidine rings is 3. The van der Waals surface area contributed by atoms with Crippen LogP contribution in [0.25, 0.3) is 0 Å². The van der Waals surface area contributed by atoms with Crippen LogP contribution >= 0.6 is 0 Å². The summed E-state index contributed by atoms with van der Waals surface area (Å²) in [6.07, 6.45) is 5.35. The molecule has 1 aromatic heterocycles. The van der Waals surface area contributed by atoms with E-state index >= 15 is 0 Å². The first kappa shape index (κ1) is 23.0. The molecule has 3 fully saturated rings. The Morgan fingerprint density at radius 1 is 1.25 bits per heavy atom. The molecule has 4 N–H and O–H groups in total. The van der Waals surface area contributed by atoms with Crippen LogP contribution in [0, 0.1) is 10.7 Å². The van der Waals surface area contributed by atoms with Crippen LogP contribution in [0.4, 0.5) is 5.69 Å². The lowest BCUT2D eigenvalue weighted by atomic mass is 9.84. The summed E-state index contributed by atoms with van der Waals surface area (Å²) < 4.78 is 22.4.